The molecule has 0 saturated heterocycles. The molecular formula is C27H39FeNO. The van der Waals surface area contributed by atoms with Gasteiger partial charge in [0.05, 0.1) is 0 Å². The van der Waals surface area contributed by atoms with Crippen LogP contribution in [0.25, 0.3) is 0 Å². The number of aliphatic hydroxyl groups is 1. The fourth-order valence-corrected chi connectivity index (χ4v) is 3.69. The average molecular weight is 449 g/mol. The van der Waals surface area contributed by atoms with E-state index in [2.05, 4.69) is 17.2 Å². The van der Waals surface area contributed by atoms with Crippen LogP contribution < -0.4 is 0 Å². The Balaban J connectivity index is 0.000000655. The summed E-state index contributed by atoms with van der Waals surface area (Å²) in [6, 6.07) is 20.2. The van der Waals surface area contributed by atoms with E-state index in [0.717, 1.165) is 18.4 Å². The van der Waals surface area contributed by atoms with E-state index in [9.17, 15) is 5.11 Å². The Labute approximate surface area is 194 Å². The predicted octanol–water partition coefficient (Wildman–Crippen LogP) is 7.70. The van der Waals surface area contributed by atoms with Gasteiger partial charge in [-0.15, -0.1) is 5.56 Å². The molecule has 0 aliphatic carbocycles. The van der Waals surface area contributed by atoms with Gasteiger partial charge in [-0.05, 0) is 30.9 Å². The van der Waals surface area contributed by atoms with Crippen molar-refractivity contribution in [3.63, 3.8) is 0 Å². The third-order valence-corrected chi connectivity index (χ3v) is 5.48. The van der Waals surface area contributed by atoms with Crippen LogP contribution >= 0.6 is 0 Å². The Kier molecular flexibility index (Phi) is 16.1. The molecule has 0 spiro atoms. The Morgan fingerprint density at radius 2 is 1.37 bits per heavy atom. The van der Waals surface area contributed by atoms with Gasteiger partial charge in [0.15, 0.2) is 0 Å². The second kappa shape index (κ2) is 18.2. The zero-order chi connectivity index (χ0) is 20.4. The van der Waals surface area contributed by atoms with E-state index in [0.29, 0.717) is 0 Å². The molecule has 3 rings (SSSR count). The van der Waals surface area contributed by atoms with E-state index in [1.807, 2.05) is 60.8 Å². The molecule has 0 aliphatic rings. The number of aryl methyl sites for hydroxylation is 1. The smallest absolute Gasteiger partial charge is 0.401 e. The monoisotopic (exact) mass is 449 g/mol. The second-order valence-electron chi connectivity index (χ2n) is 7.99. The van der Waals surface area contributed by atoms with Crippen molar-refractivity contribution in [2.75, 3.05) is 0 Å². The summed E-state index contributed by atoms with van der Waals surface area (Å²) in [4.78, 5) is 3.12. The Hall–Kier alpha value is -1.54. The van der Waals surface area contributed by atoms with Gasteiger partial charge in [0.2, 0.25) is 0 Å². The zero-order valence-electron chi connectivity index (χ0n) is 18.3. The maximum atomic E-state index is 10.0. The molecule has 0 saturated carbocycles. The quantitative estimate of drug-likeness (QED) is 0.148. The molecule has 1 heterocycles. The molecule has 2 nitrogen and oxygen atoms in total. The van der Waals surface area contributed by atoms with Crippen molar-refractivity contribution in [3.05, 3.63) is 84.2 Å². The molecule has 166 valence electrons. The van der Waals surface area contributed by atoms with Crippen molar-refractivity contribution >= 4 is 0 Å². The van der Waals surface area contributed by atoms with Crippen LogP contribution in [0.5, 0.6) is 0 Å². The molecule has 1 unspecified atom stereocenters. The summed E-state index contributed by atoms with van der Waals surface area (Å²) >= 11 is 0. The number of aromatic amines is 1. The Morgan fingerprint density at radius 1 is 0.800 bits per heavy atom. The van der Waals surface area contributed by atoms with Crippen LogP contribution in [0, 0.1) is 0 Å². The van der Waals surface area contributed by atoms with Gasteiger partial charge in [-0.2, -0.15) is 30.3 Å². The standard InChI is InChI=1S/C22H34NO.C5H5.Fe/c24-22(21-14-11-12-15-21)16-10-8-6-4-2-1-3-5-7-9-13-20-17-18-23-19-20;1-2-4-5-3-1;/h11-12,14-15,17-19,22-24H,1-10,13,16H2;1-5H;/q2*-1;+2. The minimum Gasteiger partial charge on any atom is -0.401 e. The van der Waals surface area contributed by atoms with Crippen LogP contribution in [0.1, 0.15) is 87.9 Å². The van der Waals surface area contributed by atoms with Gasteiger partial charge in [0.25, 0.3) is 0 Å². The second-order valence-corrected chi connectivity index (χ2v) is 7.99. The number of unbranched alkanes of at least 4 members (excludes halogenated alkanes) is 9. The maximum absolute atomic E-state index is 10.0. The van der Waals surface area contributed by atoms with Crippen molar-refractivity contribution in [2.45, 2.75) is 83.2 Å². The normalized spacial score (nSPS) is 11.4. The minimum absolute atomic E-state index is 0. The summed E-state index contributed by atoms with van der Waals surface area (Å²) in [5, 5.41) is 10.0. The topological polar surface area (TPSA) is 36.0 Å². The number of hydrogen-bond acceptors (Lipinski definition) is 1. The predicted molar refractivity (Wildman–Crippen MR) is 124 cm³/mol. The molecule has 3 heteroatoms. The third kappa shape index (κ3) is 12.9. The van der Waals surface area contributed by atoms with Crippen molar-refractivity contribution in [3.8, 4) is 0 Å². The largest absolute Gasteiger partial charge is 2.00 e. The molecule has 0 radical (unpaired) electrons. The van der Waals surface area contributed by atoms with Crippen molar-refractivity contribution in [1.29, 1.82) is 0 Å². The van der Waals surface area contributed by atoms with E-state index in [1.54, 1.807) is 0 Å². The van der Waals surface area contributed by atoms with E-state index in [4.69, 9.17) is 0 Å². The summed E-state index contributed by atoms with van der Waals surface area (Å²) in [5.41, 5.74) is 2.52. The van der Waals surface area contributed by atoms with Gasteiger partial charge in [-0.25, -0.2) is 24.3 Å². The zero-order valence-corrected chi connectivity index (χ0v) is 19.4. The molecule has 0 aliphatic heterocycles. The van der Waals surface area contributed by atoms with Gasteiger partial charge in [-0.1, -0.05) is 57.8 Å². The number of hydrogen-bond donors (Lipinski definition) is 2. The van der Waals surface area contributed by atoms with Crippen molar-refractivity contribution in [2.24, 2.45) is 0 Å². The van der Waals surface area contributed by atoms with Gasteiger partial charge in [0.1, 0.15) is 0 Å². The van der Waals surface area contributed by atoms with Gasteiger partial charge >= 0.3 is 17.1 Å². The Bertz CT molecular complexity index is 641. The van der Waals surface area contributed by atoms with Crippen LogP contribution in [0.15, 0.2) is 73.1 Å². The molecule has 1 aromatic heterocycles. The van der Waals surface area contributed by atoms with Crippen LogP contribution in [-0.4, -0.2) is 10.1 Å². The number of nitrogens with one attached hydrogen (secondary N) is 1. The first-order chi connectivity index (χ1) is 14.4. The number of aliphatic hydroxyl groups excluding tert-OH is 1. The first-order valence-corrected chi connectivity index (χ1v) is 11.5. The fourth-order valence-electron chi connectivity index (χ4n) is 3.69. The summed E-state index contributed by atoms with van der Waals surface area (Å²) in [6.07, 6.45) is 19.3. The summed E-state index contributed by atoms with van der Waals surface area (Å²) < 4.78 is 0. The minimum atomic E-state index is -0.258. The van der Waals surface area contributed by atoms with Gasteiger partial charge < -0.3 is 10.1 Å². The molecular weight excluding hydrogens is 410 g/mol. The summed E-state index contributed by atoms with van der Waals surface area (Å²) in [6.45, 7) is 0. The SMILES string of the molecule is OC(CCCCCCCCCCCCc1cc[nH]c1)[c-]1cccc1.[Fe+2].c1cc[cH-]c1. The number of H-pyrrole nitrogens is 1. The average Bonchev–Trinajstić information content (AvgIpc) is 3.53. The van der Waals surface area contributed by atoms with Crippen molar-refractivity contribution < 1.29 is 22.2 Å². The van der Waals surface area contributed by atoms with Crippen LogP contribution in [-0.2, 0) is 23.5 Å². The van der Waals surface area contributed by atoms with Crippen LogP contribution in [0.3, 0.4) is 0 Å². The molecule has 0 fully saturated rings. The fraction of sp³-hybridized carbons (Fsp3) is 0.481. The van der Waals surface area contributed by atoms with E-state index < -0.39 is 0 Å². The first kappa shape index (κ1) is 26.5. The number of rotatable bonds is 14. The van der Waals surface area contributed by atoms with Crippen molar-refractivity contribution in [1.82, 2.24) is 4.98 Å². The van der Waals surface area contributed by atoms with E-state index in [-0.39, 0.29) is 23.2 Å². The molecule has 1 atom stereocenters. The maximum Gasteiger partial charge on any atom is 2.00 e. The van der Waals surface area contributed by atoms with E-state index in [1.165, 1.54) is 69.8 Å². The molecule has 2 N–H and O–H groups in total. The molecule has 0 bridgehead atoms. The summed E-state index contributed by atoms with van der Waals surface area (Å²) in [5.74, 6) is 0. The van der Waals surface area contributed by atoms with Crippen LogP contribution in [0.4, 0.5) is 0 Å². The van der Waals surface area contributed by atoms with Crippen LogP contribution in [0.2, 0.25) is 0 Å². The van der Waals surface area contributed by atoms with E-state index >= 15 is 0 Å². The first-order valence-electron chi connectivity index (χ1n) is 11.5. The Morgan fingerprint density at radius 3 is 1.87 bits per heavy atom. The molecule has 2 aromatic carbocycles. The van der Waals surface area contributed by atoms with Gasteiger partial charge in [0, 0.05) is 18.5 Å². The number of aromatic nitrogens is 1. The molecule has 0 amide bonds. The summed E-state index contributed by atoms with van der Waals surface area (Å²) in [7, 11) is 0. The van der Waals surface area contributed by atoms with Gasteiger partial charge in [-0.3, -0.25) is 0 Å². The third-order valence-electron chi connectivity index (χ3n) is 5.48. The molecule has 30 heavy (non-hydrogen) atoms. The molecule has 3 aromatic rings.